The molecule has 0 aliphatic rings. The molecule has 0 spiro atoms. The normalized spacial score (nSPS) is 10.2. The highest BCUT2D eigenvalue weighted by Gasteiger charge is 1.99. The summed E-state index contributed by atoms with van der Waals surface area (Å²) in [5.41, 5.74) is 1.81. The van der Waals surface area contributed by atoms with Crippen molar-refractivity contribution in [2.24, 2.45) is 0 Å². The molecule has 0 atom stereocenters. The van der Waals surface area contributed by atoms with Crippen LogP contribution in [0.25, 0.3) is 0 Å². The molecule has 0 radical (unpaired) electrons. The average Bonchev–Trinajstić information content (AvgIpc) is 2.71. The maximum absolute atomic E-state index is 5.68. The van der Waals surface area contributed by atoms with Gasteiger partial charge in [-0.1, -0.05) is 11.6 Å². The van der Waals surface area contributed by atoms with Gasteiger partial charge in [-0.3, -0.25) is 4.98 Å². The molecule has 0 saturated heterocycles. The Morgan fingerprint density at radius 1 is 1.46 bits per heavy atom. The summed E-state index contributed by atoms with van der Waals surface area (Å²) in [6.45, 7) is 0.755. The largest absolute Gasteiger partial charge is 0.364 e. The Morgan fingerprint density at radius 2 is 2.38 bits per heavy atom. The van der Waals surface area contributed by atoms with Gasteiger partial charge in [0.25, 0.3) is 0 Å². The van der Waals surface area contributed by atoms with Gasteiger partial charge in [-0.2, -0.15) is 0 Å². The van der Waals surface area contributed by atoms with Crippen molar-refractivity contribution in [2.75, 3.05) is 5.32 Å². The number of halogens is 1. The van der Waals surface area contributed by atoms with E-state index in [9.17, 15) is 0 Å². The van der Waals surface area contributed by atoms with Gasteiger partial charge in [0, 0.05) is 16.5 Å². The van der Waals surface area contributed by atoms with Crippen molar-refractivity contribution >= 4 is 40.1 Å². The third-order valence-electron chi connectivity index (χ3n) is 1.40. The number of thiazole rings is 2. The summed E-state index contributed by atoms with van der Waals surface area (Å²) in [5.74, 6) is 0.823. The monoisotopic (exact) mass is 231 g/mol. The van der Waals surface area contributed by atoms with Crippen LogP contribution in [0.5, 0.6) is 0 Å². The fourth-order valence-electron chi connectivity index (χ4n) is 0.840. The fraction of sp³-hybridized carbons (Fsp3) is 0.143. The lowest BCUT2D eigenvalue weighted by Gasteiger charge is -1.97. The van der Waals surface area contributed by atoms with Crippen LogP contribution in [-0.2, 0) is 6.54 Å². The second-order valence-corrected chi connectivity index (χ2v) is 4.72. The van der Waals surface area contributed by atoms with E-state index in [2.05, 4.69) is 15.3 Å². The number of hydrogen-bond donors (Lipinski definition) is 1. The van der Waals surface area contributed by atoms with Crippen LogP contribution < -0.4 is 5.32 Å². The first-order valence-corrected chi connectivity index (χ1v) is 5.70. The summed E-state index contributed by atoms with van der Waals surface area (Å²) in [6, 6.07) is 0. The predicted molar refractivity (Wildman–Crippen MR) is 56.6 cm³/mol. The van der Waals surface area contributed by atoms with Crippen molar-refractivity contribution in [2.45, 2.75) is 6.54 Å². The highest BCUT2D eigenvalue weighted by atomic mass is 35.5. The molecule has 0 amide bonds. The lowest BCUT2D eigenvalue weighted by atomic mass is 10.5. The van der Waals surface area contributed by atoms with Crippen LogP contribution in [0.4, 0.5) is 5.82 Å². The molecule has 0 bridgehead atoms. The Hall–Kier alpha value is -0.650. The van der Waals surface area contributed by atoms with Crippen LogP contribution in [0.2, 0.25) is 4.47 Å². The maximum Gasteiger partial charge on any atom is 0.185 e. The molecule has 2 aromatic rings. The molecule has 0 aliphatic heterocycles. The second kappa shape index (κ2) is 4.04. The molecule has 2 rings (SSSR count). The van der Waals surface area contributed by atoms with Gasteiger partial charge < -0.3 is 5.32 Å². The molecule has 0 aromatic carbocycles. The van der Waals surface area contributed by atoms with Crippen molar-refractivity contribution in [3.05, 3.63) is 26.4 Å². The smallest absolute Gasteiger partial charge is 0.185 e. The van der Waals surface area contributed by atoms with Crippen LogP contribution in [0.15, 0.2) is 17.1 Å². The molecule has 0 unspecified atom stereocenters. The highest BCUT2D eigenvalue weighted by molar-refractivity contribution is 7.14. The zero-order chi connectivity index (χ0) is 9.10. The lowest BCUT2D eigenvalue weighted by Crippen LogP contribution is -1.96. The van der Waals surface area contributed by atoms with Crippen LogP contribution in [0.3, 0.4) is 0 Å². The van der Waals surface area contributed by atoms with Gasteiger partial charge in [-0.15, -0.1) is 22.7 Å². The number of anilines is 1. The first kappa shape index (κ1) is 8.93. The van der Waals surface area contributed by atoms with E-state index in [1.807, 2.05) is 17.1 Å². The first-order chi connectivity index (χ1) is 6.34. The minimum absolute atomic E-state index is 0.562. The molecule has 6 heteroatoms. The fourth-order valence-corrected chi connectivity index (χ4v) is 2.10. The van der Waals surface area contributed by atoms with Crippen molar-refractivity contribution in [1.29, 1.82) is 0 Å². The number of rotatable bonds is 3. The summed E-state index contributed by atoms with van der Waals surface area (Å²) >= 11 is 8.72. The quantitative estimate of drug-likeness (QED) is 0.883. The first-order valence-electron chi connectivity index (χ1n) is 3.57. The van der Waals surface area contributed by atoms with Gasteiger partial charge in [-0.25, -0.2) is 4.98 Å². The molecule has 13 heavy (non-hydrogen) atoms. The standard InChI is InChI=1S/C7H6ClN3S2/c8-7-11-6(3-12-7)10-2-5-1-9-4-13-5/h1,3-4,10H,2H2. The highest BCUT2D eigenvalue weighted by Crippen LogP contribution is 2.19. The molecule has 68 valence electrons. The Morgan fingerprint density at radius 3 is 3.00 bits per heavy atom. The third-order valence-corrected chi connectivity index (χ3v) is 3.16. The Balaban J connectivity index is 1.93. The van der Waals surface area contributed by atoms with Crippen LogP contribution in [-0.4, -0.2) is 9.97 Å². The SMILES string of the molecule is Clc1nc(NCc2cncs2)cs1. The lowest BCUT2D eigenvalue weighted by molar-refractivity contribution is 1.15. The minimum Gasteiger partial charge on any atom is -0.364 e. The topological polar surface area (TPSA) is 37.8 Å². The minimum atomic E-state index is 0.562. The summed E-state index contributed by atoms with van der Waals surface area (Å²) in [4.78, 5) is 9.23. The molecule has 3 nitrogen and oxygen atoms in total. The van der Waals surface area contributed by atoms with Crippen LogP contribution >= 0.6 is 34.3 Å². The number of aromatic nitrogens is 2. The Kier molecular flexibility index (Phi) is 2.77. The zero-order valence-corrected chi connectivity index (χ0v) is 8.92. The van der Waals surface area contributed by atoms with E-state index in [4.69, 9.17) is 11.6 Å². The van der Waals surface area contributed by atoms with Gasteiger partial charge in [0.15, 0.2) is 4.47 Å². The summed E-state index contributed by atoms with van der Waals surface area (Å²) in [5, 5.41) is 5.05. The van der Waals surface area contributed by atoms with Gasteiger partial charge in [0.2, 0.25) is 0 Å². The van der Waals surface area contributed by atoms with Crippen molar-refractivity contribution in [1.82, 2.24) is 9.97 Å². The molecular weight excluding hydrogens is 226 g/mol. The van der Waals surface area contributed by atoms with E-state index < -0.39 is 0 Å². The zero-order valence-electron chi connectivity index (χ0n) is 6.53. The molecule has 0 fully saturated rings. The Bertz CT molecular complexity index is 371. The van der Waals surface area contributed by atoms with E-state index in [0.717, 1.165) is 12.4 Å². The van der Waals surface area contributed by atoms with Gasteiger partial charge >= 0.3 is 0 Å². The second-order valence-electron chi connectivity index (χ2n) is 2.31. The van der Waals surface area contributed by atoms with Crippen molar-refractivity contribution in [3.8, 4) is 0 Å². The number of nitrogens with zero attached hydrogens (tertiary/aromatic N) is 2. The van der Waals surface area contributed by atoms with E-state index in [1.54, 1.807) is 11.3 Å². The third kappa shape index (κ3) is 2.40. The van der Waals surface area contributed by atoms with Gasteiger partial charge in [0.05, 0.1) is 12.1 Å². The number of hydrogen-bond acceptors (Lipinski definition) is 5. The van der Waals surface area contributed by atoms with Crippen molar-refractivity contribution < 1.29 is 0 Å². The molecular formula is C7H6ClN3S2. The van der Waals surface area contributed by atoms with Crippen molar-refractivity contribution in [3.63, 3.8) is 0 Å². The maximum atomic E-state index is 5.68. The molecule has 1 N–H and O–H groups in total. The van der Waals surface area contributed by atoms with Crippen LogP contribution in [0, 0.1) is 0 Å². The van der Waals surface area contributed by atoms with E-state index in [-0.39, 0.29) is 0 Å². The molecule has 0 aliphatic carbocycles. The summed E-state index contributed by atoms with van der Waals surface area (Å²) in [6.07, 6.45) is 1.84. The summed E-state index contributed by atoms with van der Waals surface area (Å²) in [7, 11) is 0. The van der Waals surface area contributed by atoms with E-state index in [0.29, 0.717) is 4.47 Å². The molecule has 2 aromatic heterocycles. The average molecular weight is 232 g/mol. The van der Waals surface area contributed by atoms with Gasteiger partial charge in [-0.05, 0) is 0 Å². The van der Waals surface area contributed by atoms with Gasteiger partial charge in [0.1, 0.15) is 5.82 Å². The van der Waals surface area contributed by atoms with E-state index >= 15 is 0 Å². The van der Waals surface area contributed by atoms with Crippen LogP contribution in [0.1, 0.15) is 4.88 Å². The van der Waals surface area contributed by atoms with E-state index in [1.165, 1.54) is 16.2 Å². The predicted octanol–water partition coefficient (Wildman–Crippen LogP) is 2.87. The Labute approximate surface area is 88.4 Å². The molecule has 2 heterocycles. The number of nitrogens with one attached hydrogen (secondary N) is 1. The summed E-state index contributed by atoms with van der Waals surface area (Å²) < 4.78 is 0.562. The molecule has 0 saturated carbocycles.